The first-order chi connectivity index (χ1) is 10.5. The van der Waals surface area contributed by atoms with Gasteiger partial charge in [0.25, 0.3) is 0 Å². The summed E-state index contributed by atoms with van der Waals surface area (Å²) in [5.41, 5.74) is 0.402. The zero-order chi connectivity index (χ0) is 17.4. The summed E-state index contributed by atoms with van der Waals surface area (Å²) in [7, 11) is 0. The summed E-state index contributed by atoms with van der Waals surface area (Å²) < 4.78 is 0. The highest BCUT2D eigenvalue weighted by Gasteiger charge is 2.49. The Morgan fingerprint density at radius 2 is 1.52 bits per heavy atom. The summed E-state index contributed by atoms with van der Waals surface area (Å²) in [4.78, 5) is 27.6. The van der Waals surface area contributed by atoms with E-state index in [-0.39, 0.29) is 22.6 Å². The molecule has 0 bridgehead atoms. The van der Waals surface area contributed by atoms with Crippen LogP contribution in [0.25, 0.3) is 0 Å². The average molecular weight is 316 g/mol. The summed E-state index contributed by atoms with van der Waals surface area (Å²) in [6, 6.07) is 8.89. The van der Waals surface area contributed by atoms with Crippen LogP contribution in [0.5, 0.6) is 0 Å². The molecule has 2 unspecified atom stereocenters. The van der Waals surface area contributed by atoms with Crippen molar-refractivity contribution >= 4 is 11.8 Å². The standard InChI is InChI=1S/C19H28N2O2/c1-18(2,3)14-17(23)21(12-13-10-8-7-9-11-13)15(16(22)20-14)19(4,5)6/h7-11,14-15H,12H2,1-6H3,(H,20,22). The zero-order valence-electron chi connectivity index (χ0n) is 15.0. The Morgan fingerprint density at radius 1 is 0.957 bits per heavy atom. The van der Waals surface area contributed by atoms with Gasteiger partial charge in [-0.25, -0.2) is 0 Å². The fourth-order valence-electron chi connectivity index (χ4n) is 3.11. The molecule has 2 rings (SSSR count). The Balaban J connectivity index is 2.40. The van der Waals surface area contributed by atoms with Gasteiger partial charge in [-0.15, -0.1) is 0 Å². The first-order valence-corrected chi connectivity index (χ1v) is 8.16. The van der Waals surface area contributed by atoms with Gasteiger partial charge in [-0.1, -0.05) is 71.9 Å². The van der Waals surface area contributed by atoms with Gasteiger partial charge in [0.05, 0.1) is 0 Å². The summed E-state index contributed by atoms with van der Waals surface area (Å²) in [6.07, 6.45) is 0. The van der Waals surface area contributed by atoms with Crippen LogP contribution in [0.2, 0.25) is 0 Å². The number of nitrogens with one attached hydrogen (secondary N) is 1. The minimum atomic E-state index is -0.489. The summed E-state index contributed by atoms with van der Waals surface area (Å²) >= 11 is 0. The number of benzene rings is 1. The zero-order valence-corrected chi connectivity index (χ0v) is 15.0. The van der Waals surface area contributed by atoms with Crippen LogP contribution in [0.15, 0.2) is 30.3 Å². The van der Waals surface area contributed by atoms with E-state index < -0.39 is 12.1 Å². The van der Waals surface area contributed by atoms with Crippen LogP contribution >= 0.6 is 0 Å². The molecule has 2 atom stereocenters. The second-order valence-electron chi connectivity index (χ2n) is 8.53. The average Bonchev–Trinajstić information content (AvgIpc) is 2.41. The van der Waals surface area contributed by atoms with Gasteiger partial charge in [0.15, 0.2) is 0 Å². The van der Waals surface area contributed by atoms with Crippen LogP contribution < -0.4 is 5.32 Å². The minimum Gasteiger partial charge on any atom is -0.342 e. The van der Waals surface area contributed by atoms with E-state index in [9.17, 15) is 9.59 Å². The van der Waals surface area contributed by atoms with Gasteiger partial charge in [-0.3, -0.25) is 9.59 Å². The fourth-order valence-corrected chi connectivity index (χ4v) is 3.11. The molecule has 1 N–H and O–H groups in total. The molecule has 1 heterocycles. The molecule has 1 aliphatic heterocycles. The predicted molar refractivity (Wildman–Crippen MR) is 91.6 cm³/mol. The van der Waals surface area contributed by atoms with Crippen LogP contribution in [0.3, 0.4) is 0 Å². The molecule has 1 fully saturated rings. The van der Waals surface area contributed by atoms with Gasteiger partial charge in [0, 0.05) is 6.54 Å². The van der Waals surface area contributed by atoms with E-state index in [0.717, 1.165) is 5.56 Å². The lowest BCUT2D eigenvalue weighted by molar-refractivity contribution is -0.157. The van der Waals surface area contributed by atoms with Gasteiger partial charge < -0.3 is 10.2 Å². The molecule has 1 aromatic carbocycles. The van der Waals surface area contributed by atoms with Crippen molar-refractivity contribution in [3.63, 3.8) is 0 Å². The lowest BCUT2D eigenvalue weighted by atomic mass is 9.78. The summed E-state index contributed by atoms with van der Waals surface area (Å²) in [5, 5.41) is 2.95. The molecule has 1 aliphatic rings. The maximum Gasteiger partial charge on any atom is 0.246 e. The Labute approximate surface area is 139 Å². The van der Waals surface area contributed by atoms with E-state index in [0.29, 0.717) is 6.54 Å². The second kappa shape index (κ2) is 5.99. The van der Waals surface area contributed by atoms with Crippen LogP contribution in [-0.2, 0) is 16.1 Å². The number of nitrogens with zero attached hydrogens (tertiary/aromatic N) is 1. The van der Waals surface area contributed by atoms with Crippen LogP contribution in [0.4, 0.5) is 0 Å². The predicted octanol–water partition coefficient (Wildman–Crippen LogP) is 2.97. The summed E-state index contributed by atoms with van der Waals surface area (Å²) in [6.45, 7) is 12.4. The second-order valence-corrected chi connectivity index (χ2v) is 8.53. The first-order valence-electron chi connectivity index (χ1n) is 8.16. The van der Waals surface area contributed by atoms with Gasteiger partial charge in [0.1, 0.15) is 12.1 Å². The monoisotopic (exact) mass is 316 g/mol. The smallest absolute Gasteiger partial charge is 0.246 e. The first kappa shape index (κ1) is 17.5. The molecule has 23 heavy (non-hydrogen) atoms. The van der Waals surface area contributed by atoms with Crippen molar-refractivity contribution in [1.82, 2.24) is 10.2 Å². The Morgan fingerprint density at radius 3 is 2.00 bits per heavy atom. The third kappa shape index (κ3) is 3.74. The van der Waals surface area contributed by atoms with Crippen molar-refractivity contribution in [2.45, 2.75) is 60.2 Å². The van der Waals surface area contributed by atoms with Crippen molar-refractivity contribution < 1.29 is 9.59 Å². The molecule has 2 amide bonds. The molecule has 0 aliphatic carbocycles. The van der Waals surface area contributed by atoms with E-state index in [1.807, 2.05) is 71.9 Å². The molecule has 0 aromatic heterocycles. The fraction of sp³-hybridized carbons (Fsp3) is 0.579. The maximum atomic E-state index is 13.1. The number of rotatable bonds is 2. The van der Waals surface area contributed by atoms with E-state index in [4.69, 9.17) is 0 Å². The molecule has 1 saturated heterocycles. The van der Waals surface area contributed by atoms with Crippen molar-refractivity contribution in [3.8, 4) is 0 Å². The third-order valence-electron chi connectivity index (χ3n) is 4.26. The van der Waals surface area contributed by atoms with Gasteiger partial charge in [0.2, 0.25) is 11.8 Å². The molecule has 1 aromatic rings. The summed E-state index contributed by atoms with van der Waals surface area (Å²) in [5.74, 6) is -0.0613. The van der Waals surface area contributed by atoms with Crippen LogP contribution in [0.1, 0.15) is 47.1 Å². The number of piperazine rings is 1. The Kier molecular flexibility index (Phi) is 4.56. The highest BCUT2D eigenvalue weighted by Crippen LogP contribution is 2.33. The van der Waals surface area contributed by atoms with Crippen molar-refractivity contribution in [2.24, 2.45) is 10.8 Å². The van der Waals surface area contributed by atoms with E-state index in [2.05, 4.69) is 5.32 Å². The number of carbonyl (C=O) groups is 2. The maximum absolute atomic E-state index is 13.1. The molecular formula is C19H28N2O2. The highest BCUT2D eigenvalue weighted by molar-refractivity contribution is 5.97. The molecular weight excluding hydrogens is 288 g/mol. The lowest BCUT2D eigenvalue weighted by Crippen LogP contribution is -2.68. The number of hydrogen-bond acceptors (Lipinski definition) is 2. The minimum absolute atomic E-state index is 0.000813. The Hall–Kier alpha value is -1.84. The SMILES string of the molecule is CC(C)(C)C1NC(=O)C(C(C)(C)C)N(Cc2ccccc2)C1=O. The highest BCUT2D eigenvalue weighted by atomic mass is 16.2. The number of carbonyl (C=O) groups excluding carboxylic acids is 2. The van der Waals surface area contributed by atoms with Crippen LogP contribution in [-0.4, -0.2) is 28.8 Å². The number of hydrogen-bond donors (Lipinski definition) is 1. The van der Waals surface area contributed by atoms with Gasteiger partial charge in [-0.2, -0.15) is 0 Å². The van der Waals surface area contributed by atoms with Crippen LogP contribution in [0, 0.1) is 10.8 Å². The topological polar surface area (TPSA) is 49.4 Å². The molecule has 4 heteroatoms. The van der Waals surface area contributed by atoms with E-state index in [1.54, 1.807) is 4.90 Å². The molecule has 126 valence electrons. The van der Waals surface area contributed by atoms with E-state index in [1.165, 1.54) is 0 Å². The number of amides is 2. The molecule has 4 nitrogen and oxygen atoms in total. The largest absolute Gasteiger partial charge is 0.342 e. The van der Waals surface area contributed by atoms with E-state index >= 15 is 0 Å². The van der Waals surface area contributed by atoms with Crippen molar-refractivity contribution in [1.29, 1.82) is 0 Å². The van der Waals surface area contributed by atoms with Crippen molar-refractivity contribution in [2.75, 3.05) is 0 Å². The normalized spacial score (nSPS) is 23.0. The van der Waals surface area contributed by atoms with Gasteiger partial charge in [-0.05, 0) is 16.4 Å². The van der Waals surface area contributed by atoms with Gasteiger partial charge >= 0.3 is 0 Å². The molecule has 0 radical (unpaired) electrons. The molecule has 0 spiro atoms. The quantitative estimate of drug-likeness (QED) is 0.912. The Bertz CT molecular complexity index is 582. The van der Waals surface area contributed by atoms with Crippen molar-refractivity contribution in [3.05, 3.63) is 35.9 Å². The molecule has 0 saturated carbocycles. The lowest BCUT2D eigenvalue weighted by Gasteiger charge is -2.47. The third-order valence-corrected chi connectivity index (χ3v) is 4.26.